The number of nitrogens with zero attached hydrogens (tertiary/aromatic N) is 2. The smallest absolute Gasteiger partial charge is 0.317 e. The number of piperidine rings is 1. The van der Waals surface area contributed by atoms with Gasteiger partial charge >= 0.3 is 12.2 Å². The number of rotatable bonds is 8. The van der Waals surface area contributed by atoms with Crippen molar-refractivity contribution in [2.24, 2.45) is 0 Å². The van der Waals surface area contributed by atoms with Crippen molar-refractivity contribution in [1.29, 1.82) is 0 Å². The van der Waals surface area contributed by atoms with E-state index in [1.54, 1.807) is 10.4 Å². The highest BCUT2D eigenvalue weighted by atomic mass is 19.4. The number of carbonyl (C=O) groups excluding carboxylic acids is 1. The van der Waals surface area contributed by atoms with E-state index in [0.717, 1.165) is 62.5 Å². The number of alkyl halides is 3. The zero-order valence-corrected chi connectivity index (χ0v) is 19.6. The molecule has 3 N–H and O–H groups in total. The van der Waals surface area contributed by atoms with Gasteiger partial charge in [0.25, 0.3) is 0 Å². The lowest BCUT2D eigenvalue weighted by Gasteiger charge is -2.40. The lowest BCUT2D eigenvalue weighted by molar-refractivity contribution is -0.137. The maximum Gasteiger partial charge on any atom is 0.416 e. The van der Waals surface area contributed by atoms with Crippen LogP contribution >= 0.6 is 0 Å². The second-order valence-corrected chi connectivity index (χ2v) is 8.82. The summed E-state index contributed by atoms with van der Waals surface area (Å²) in [6, 6.07) is 12.5. The zero-order valence-electron chi connectivity index (χ0n) is 19.6. The standard InChI is InChI=1S/C25H33F3N4O2/c1-3-7-18(2)31-14-12-21(13-15-31)32(17-19-8-5-4-6-9-19)24(33)29-22-11-10-20(25(26,27)28)16-23(22)30-34/h4-6,8-11,16,18,21,30,34H,3,7,12-15,17H2,1-2H3,(H,29,33). The molecule has 1 aliphatic rings. The Kier molecular flexibility index (Phi) is 8.79. The van der Waals surface area contributed by atoms with Crippen molar-refractivity contribution in [3.63, 3.8) is 0 Å². The fourth-order valence-corrected chi connectivity index (χ4v) is 4.49. The van der Waals surface area contributed by atoms with Crippen molar-refractivity contribution < 1.29 is 23.2 Å². The number of hydrogen-bond donors (Lipinski definition) is 3. The predicted octanol–water partition coefficient (Wildman–Crippen LogP) is 6.19. The van der Waals surface area contributed by atoms with Crippen molar-refractivity contribution in [1.82, 2.24) is 9.80 Å². The van der Waals surface area contributed by atoms with Crippen LogP contribution in [0, 0.1) is 0 Å². The van der Waals surface area contributed by atoms with E-state index in [1.165, 1.54) is 0 Å². The summed E-state index contributed by atoms with van der Waals surface area (Å²) in [5.74, 6) is 0. The van der Waals surface area contributed by atoms with Crippen LogP contribution in [0.25, 0.3) is 0 Å². The molecule has 0 radical (unpaired) electrons. The molecule has 0 spiro atoms. The molecule has 1 heterocycles. The first-order valence-electron chi connectivity index (χ1n) is 11.7. The molecule has 2 aromatic carbocycles. The first-order valence-corrected chi connectivity index (χ1v) is 11.7. The third-order valence-electron chi connectivity index (χ3n) is 6.44. The molecule has 1 aliphatic heterocycles. The molecular weight excluding hydrogens is 445 g/mol. The van der Waals surface area contributed by atoms with Gasteiger partial charge in [-0.1, -0.05) is 43.7 Å². The van der Waals surface area contributed by atoms with E-state index in [9.17, 15) is 23.2 Å². The number of urea groups is 1. The van der Waals surface area contributed by atoms with Crippen LogP contribution in [0.1, 0.15) is 50.7 Å². The Balaban J connectivity index is 1.78. The monoisotopic (exact) mass is 478 g/mol. The quantitative estimate of drug-likeness (QED) is 0.396. The van der Waals surface area contributed by atoms with Crippen LogP contribution in [0.4, 0.5) is 29.3 Å². The maximum absolute atomic E-state index is 13.4. The fraction of sp³-hybridized carbons (Fsp3) is 0.480. The molecule has 9 heteroatoms. The van der Waals surface area contributed by atoms with Crippen molar-refractivity contribution in [2.75, 3.05) is 23.9 Å². The number of halogens is 3. The Hall–Kier alpha value is -2.78. The predicted molar refractivity (Wildman–Crippen MR) is 127 cm³/mol. The second-order valence-electron chi connectivity index (χ2n) is 8.82. The summed E-state index contributed by atoms with van der Waals surface area (Å²) in [6.07, 6.45) is -0.684. The summed E-state index contributed by atoms with van der Waals surface area (Å²) in [4.78, 5) is 17.5. The van der Waals surface area contributed by atoms with E-state index in [0.29, 0.717) is 12.6 Å². The van der Waals surface area contributed by atoms with Crippen LogP contribution in [-0.4, -0.2) is 46.2 Å². The minimum absolute atomic E-state index is 0.00901. The van der Waals surface area contributed by atoms with Gasteiger partial charge in [-0.05, 0) is 49.9 Å². The maximum atomic E-state index is 13.4. The largest absolute Gasteiger partial charge is 0.416 e. The first kappa shape index (κ1) is 25.8. The van der Waals surface area contributed by atoms with Crippen LogP contribution < -0.4 is 10.8 Å². The SMILES string of the molecule is CCCC(C)N1CCC(N(Cc2ccccc2)C(=O)Nc2ccc(C(F)(F)F)cc2NO)CC1. The molecule has 186 valence electrons. The highest BCUT2D eigenvalue weighted by molar-refractivity contribution is 5.93. The summed E-state index contributed by atoms with van der Waals surface area (Å²) in [6.45, 7) is 6.55. The van der Waals surface area contributed by atoms with Crippen LogP contribution in [0.3, 0.4) is 0 Å². The third-order valence-corrected chi connectivity index (χ3v) is 6.44. The lowest BCUT2D eigenvalue weighted by atomic mass is 10.00. The van der Waals surface area contributed by atoms with Gasteiger partial charge in [-0.15, -0.1) is 0 Å². The highest BCUT2D eigenvalue weighted by Gasteiger charge is 2.32. The van der Waals surface area contributed by atoms with Gasteiger partial charge in [0.1, 0.15) is 0 Å². The van der Waals surface area contributed by atoms with E-state index in [1.807, 2.05) is 30.3 Å². The molecule has 2 amide bonds. The Labute approximate surface area is 198 Å². The minimum Gasteiger partial charge on any atom is -0.317 e. The van der Waals surface area contributed by atoms with Crippen LogP contribution in [0.2, 0.25) is 0 Å². The van der Waals surface area contributed by atoms with Crippen LogP contribution in [0.15, 0.2) is 48.5 Å². The van der Waals surface area contributed by atoms with Gasteiger partial charge in [-0.25, -0.2) is 4.79 Å². The molecule has 2 aromatic rings. The molecular formula is C25H33F3N4O2. The number of carbonyl (C=O) groups is 1. The van der Waals surface area contributed by atoms with Crippen molar-refractivity contribution in [2.45, 2.75) is 64.3 Å². The summed E-state index contributed by atoms with van der Waals surface area (Å²) in [7, 11) is 0. The number of hydrogen-bond acceptors (Lipinski definition) is 4. The Morgan fingerprint density at radius 1 is 1.15 bits per heavy atom. The van der Waals surface area contributed by atoms with Gasteiger partial charge < -0.3 is 15.1 Å². The van der Waals surface area contributed by atoms with Gasteiger partial charge in [0.05, 0.1) is 16.9 Å². The van der Waals surface area contributed by atoms with Crippen molar-refractivity contribution in [3.05, 3.63) is 59.7 Å². The molecule has 1 unspecified atom stereocenters. The summed E-state index contributed by atoms with van der Waals surface area (Å²) in [5, 5.41) is 12.1. The lowest BCUT2D eigenvalue weighted by Crippen LogP contribution is -2.50. The topological polar surface area (TPSA) is 67.8 Å². The van der Waals surface area contributed by atoms with E-state index in [2.05, 4.69) is 24.1 Å². The number of anilines is 2. The van der Waals surface area contributed by atoms with Crippen LogP contribution in [0.5, 0.6) is 0 Å². The molecule has 0 aliphatic carbocycles. The average Bonchev–Trinajstić information content (AvgIpc) is 2.83. The highest BCUT2D eigenvalue weighted by Crippen LogP contribution is 2.34. The average molecular weight is 479 g/mol. The molecule has 3 rings (SSSR count). The molecule has 6 nitrogen and oxygen atoms in total. The molecule has 0 bridgehead atoms. The Morgan fingerprint density at radius 3 is 2.41 bits per heavy atom. The number of likely N-dealkylation sites (tertiary alicyclic amines) is 1. The van der Waals surface area contributed by atoms with Gasteiger partial charge in [0, 0.05) is 31.7 Å². The van der Waals surface area contributed by atoms with Gasteiger partial charge in [-0.3, -0.25) is 10.7 Å². The number of nitrogens with one attached hydrogen (secondary N) is 2. The van der Waals surface area contributed by atoms with E-state index in [4.69, 9.17) is 0 Å². The number of benzene rings is 2. The summed E-state index contributed by atoms with van der Waals surface area (Å²) < 4.78 is 39.1. The molecule has 0 saturated carbocycles. The third kappa shape index (κ3) is 6.64. The van der Waals surface area contributed by atoms with E-state index in [-0.39, 0.29) is 17.4 Å². The number of amides is 2. The van der Waals surface area contributed by atoms with Gasteiger partial charge in [0.2, 0.25) is 0 Å². The molecule has 1 atom stereocenters. The zero-order chi connectivity index (χ0) is 24.7. The first-order chi connectivity index (χ1) is 16.2. The molecule has 0 aromatic heterocycles. The van der Waals surface area contributed by atoms with E-state index >= 15 is 0 Å². The Bertz CT molecular complexity index is 932. The summed E-state index contributed by atoms with van der Waals surface area (Å²) >= 11 is 0. The fourth-order valence-electron chi connectivity index (χ4n) is 4.49. The van der Waals surface area contributed by atoms with Gasteiger partial charge in [0.15, 0.2) is 0 Å². The minimum atomic E-state index is -4.56. The normalized spacial score (nSPS) is 16.2. The van der Waals surface area contributed by atoms with Crippen LogP contribution in [-0.2, 0) is 12.7 Å². The molecule has 1 saturated heterocycles. The van der Waals surface area contributed by atoms with Crippen molar-refractivity contribution in [3.8, 4) is 0 Å². The van der Waals surface area contributed by atoms with Gasteiger partial charge in [-0.2, -0.15) is 13.2 Å². The Morgan fingerprint density at radius 2 is 1.82 bits per heavy atom. The second kappa shape index (κ2) is 11.6. The summed E-state index contributed by atoms with van der Waals surface area (Å²) in [5.41, 5.74) is 1.68. The molecule has 1 fully saturated rings. The molecule has 34 heavy (non-hydrogen) atoms. The van der Waals surface area contributed by atoms with E-state index < -0.39 is 17.8 Å². The van der Waals surface area contributed by atoms with Crippen molar-refractivity contribution >= 4 is 17.4 Å².